The van der Waals surface area contributed by atoms with Gasteiger partial charge in [0.1, 0.15) is 0 Å². The molecule has 1 aliphatic carbocycles. The van der Waals surface area contributed by atoms with Gasteiger partial charge in [0.05, 0.1) is 5.70 Å². The van der Waals surface area contributed by atoms with Gasteiger partial charge < -0.3 is 0 Å². The van der Waals surface area contributed by atoms with E-state index < -0.39 is 0 Å². The normalized spacial score (nSPS) is 12.9. The summed E-state index contributed by atoms with van der Waals surface area (Å²) in [6, 6.07) is 33.5. The highest BCUT2D eigenvalue weighted by Crippen LogP contribution is 2.38. The number of hydrogen-bond acceptors (Lipinski definition) is 1. The summed E-state index contributed by atoms with van der Waals surface area (Å²) >= 11 is 0. The third kappa shape index (κ3) is 4.20. The fourth-order valence-electron chi connectivity index (χ4n) is 4.40. The zero-order valence-corrected chi connectivity index (χ0v) is 19.0. The van der Waals surface area contributed by atoms with Crippen molar-refractivity contribution < 1.29 is 0 Å². The SMILES string of the molecule is C=C(N=C(N=C(C)c1ccccc1)c1cc2c(cc1C)-c1ccccc1C2)c1ccccc1. The fraction of sp³-hybridized carbons (Fsp3) is 0.0968. The van der Waals surface area contributed by atoms with E-state index in [0.29, 0.717) is 11.5 Å². The van der Waals surface area contributed by atoms with Gasteiger partial charge in [0.25, 0.3) is 0 Å². The van der Waals surface area contributed by atoms with Gasteiger partial charge in [-0.25, -0.2) is 9.98 Å². The predicted octanol–water partition coefficient (Wildman–Crippen LogP) is 7.49. The molecule has 1 aliphatic rings. The largest absolute Gasteiger partial charge is 0.233 e. The summed E-state index contributed by atoms with van der Waals surface area (Å²) in [7, 11) is 0. The molecule has 2 heteroatoms. The number of amidine groups is 1. The van der Waals surface area contributed by atoms with Crippen LogP contribution in [-0.2, 0) is 6.42 Å². The van der Waals surface area contributed by atoms with E-state index in [1.54, 1.807) is 0 Å². The lowest BCUT2D eigenvalue weighted by molar-refractivity contribution is 1.25. The van der Waals surface area contributed by atoms with Crippen LogP contribution in [0, 0.1) is 6.92 Å². The highest BCUT2D eigenvalue weighted by Gasteiger charge is 2.21. The van der Waals surface area contributed by atoms with Crippen LogP contribution in [0.2, 0.25) is 0 Å². The summed E-state index contributed by atoms with van der Waals surface area (Å²) in [5.74, 6) is 0.696. The van der Waals surface area contributed by atoms with Crippen molar-refractivity contribution >= 4 is 17.2 Å². The molecule has 0 saturated carbocycles. The second kappa shape index (κ2) is 8.84. The smallest absolute Gasteiger partial charge is 0.160 e. The summed E-state index contributed by atoms with van der Waals surface area (Å²) < 4.78 is 0. The Morgan fingerprint density at radius 1 is 0.697 bits per heavy atom. The average Bonchev–Trinajstić information content (AvgIpc) is 3.21. The number of aliphatic imine (C=N–C) groups is 2. The lowest BCUT2D eigenvalue weighted by Gasteiger charge is -2.12. The molecular weight excluding hydrogens is 400 g/mol. The van der Waals surface area contributed by atoms with E-state index in [2.05, 4.69) is 62.0 Å². The molecule has 2 nitrogen and oxygen atoms in total. The van der Waals surface area contributed by atoms with E-state index in [1.165, 1.54) is 22.3 Å². The van der Waals surface area contributed by atoms with Gasteiger partial charge in [0.2, 0.25) is 0 Å². The van der Waals surface area contributed by atoms with Gasteiger partial charge in [0.15, 0.2) is 5.84 Å². The van der Waals surface area contributed by atoms with Gasteiger partial charge in [0, 0.05) is 11.3 Å². The molecule has 5 rings (SSSR count). The Morgan fingerprint density at radius 2 is 1.33 bits per heavy atom. The van der Waals surface area contributed by atoms with Crippen LogP contribution < -0.4 is 0 Å². The molecule has 0 unspecified atom stereocenters. The van der Waals surface area contributed by atoms with Gasteiger partial charge >= 0.3 is 0 Å². The monoisotopic (exact) mass is 426 g/mol. The number of benzene rings is 4. The molecule has 0 radical (unpaired) electrons. The van der Waals surface area contributed by atoms with E-state index in [9.17, 15) is 0 Å². The van der Waals surface area contributed by atoms with E-state index in [4.69, 9.17) is 9.98 Å². The van der Waals surface area contributed by atoms with E-state index in [1.807, 2.05) is 55.5 Å². The summed E-state index contributed by atoms with van der Waals surface area (Å²) in [5.41, 5.74) is 11.3. The maximum Gasteiger partial charge on any atom is 0.160 e. The fourth-order valence-corrected chi connectivity index (χ4v) is 4.40. The molecule has 0 spiro atoms. The van der Waals surface area contributed by atoms with Crippen molar-refractivity contribution in [2.75, 3.05) is 0 Å². The summed E-state index contributed by atoms with van der Waals surface area (Å²) in [4.78, 5) is 9.98. The molecule has 0 fully saturated rings. The maximum absolute atomic E-state index is 5.02. The number of nitrogens with zero attached hydrogens (tertiary/aromatic N) is 2. The number of aryl methyl sites for hydroxylation is 1. The minimum Gasteiger partial charge on any atom is -0.233 e. The van der Waals surface area contributed by atoms with Crippen LogP contribution in [0.25, 0.3) is 16.8 Å². The van der Waals surface area contributed by atoms with Crippen molar-refractivity contribution in [1.82, 2.24) is 0 Å². The third-order valence-corrected chi connectivity index (χ3v) is 6.19. The Labute approximate surface area is 195 Å². The van der Waals surface area contributed by atoms with Gasteiger partial charge in [-0.1, -0.05) is 97.6 Å². The minimum absolute atomic E-state index is 0.696. The predicted molar refractivity (Wildman–Crippen MR) is 140 cm³/mol. The van der Waals surface area contributed by atoms with Crippen molar-refractivity contribution in [3.05, 3.63) is 137 Å². The van der Waals surface area contributed by atoms with E-state index in [0.717, 1.165) is 34.4 Å². The quantitative estimate of drug-likeness (QED) is 0.210. The van der Waals surface area contributed by atoms with Gasteiger partial charge in [-0.15, -0.1) is 0 Å². The second-order valence-corrected chi connectivity index (χ2v) is 8.47. The molecule has 0 aromatic heterocycles. The molecule has 0 atom stereocenters. The summed E-state index contributed by atoms with van der Waals surface area (Å²) in [6.07, 6.45) is 0.938. The highest BCUT2D eigenvalue weighted by atomic mass is 14.9. The Morgan fingerprint density at radius 3 is 2.06 bits per heavy atom. The number of fused-ring (bicyclic) bond motifs is 3. The molecule has 0 N–H and O–H groups in total. The first kappa shape index (κ1) is 20.8. The second-order valence-electron chi connectivity index (χ2n) is 8.47. The Kier molecular flexibility index (Phi) is 5.58. The Bertz CT molecular complexity index is 1390. The number of rotatable bonds is 4. The van der Waals surface area contributed by atoms with Crippen molar-refractivity contribution in [1.29, 1.82) is 0 Å². The van der Waals surface area contributed by atoms with E-state index in [-0.39, 0.29) is 0 Å². The third-order valence-electron chi connectivity index (χ3n) is 6.19. The van der Waals surface area contributed by atoms with Crippen LogP contribution >= 0.6 is 0 Å². The molecule has 0 aliphatic heterocycles. The van der Waals surface area contributed by atoms with Crippen LogP contribution in [0.5, 0.6) is 0 Å². The van der Waals surface area contributed by atoms with Crippen molar-refractivity contribution in [3.8, 4) is 11.1 Å². The van der Waals surface area contributed by atoms with Crippen LogP contribution in [-0.4, -0.2) is 11.5 Å². The first-order valence-corrected chi connectivity index (χ1v) is 11.3. The van der Waals surface area contributed by atoms with Crippen molar-refractivity contribution in [2.24, 2.45) is 9.98 Å². The van der Waals surface area contributed by atoms with Crippen molar-refractivity contribution in [2.45, 2.75) is 20.3 Å². The van der Waals surface area contributed by atoms with Crippen LogP contribution in [0.1, 0.15) is 40.3 Å². The summed E-state index contributed by atoms with van der Waals surface area (Å²) in [5, 5.41) is 0. The lowest BCUT2D eigenvalue weighted by Crippen LogP contribution is -2.07. The Hall–Kier alpha value is -4.04. The van der Waals surface area contributed by atoms with E-state index >= 15 is 0 Å². The molecule has 0 amide bonds. The lowest BCUT2D eigenvalue weighted by atomic mass is 9.98. The van der Waals surface area contributed by atoms with Crippen molar-refractivity contribution in [3.63, 3.8) is 0 Å². The average molecular weight is 427 g/mol. The molecular formula is C31H26N2. The molecule has 4 aromatic rings. The first-order valence-electron chi connectivity index (χ1n) is 11.3. The molecule has 0 bridgehead atoms. The van der Waals surface area contributed by atoms with Crippen LogP contribution in [0.3, 0.4) is 0 Å². The zero-order valence-electron chi connectivity index (χ0n) is 19.0. The maximum atomic E-state index is 5.02. The molecule has 33 heavy (non-hydrogen) atoms. The number of hydrogen-bond donors (Lipinski definition) is 0. The highest BCUT2D eigenvalue weighted by molar-refractivity contribution is 6.13. The molecule has 160 valence electrons. The Balaban J connectivity index is 1.63. The summed E-state index contributed by atoms with van der Waals surface area (Å²) in [6.45, 7) is 8.43. The topological polar surface area (TPSA) is 24.7 Å². The molecule has 0 heterocycles. The van der Waals surface area contributed by atoms with Crippen LogP contribution in [0.4, 0.5) is 0 Å². The van der Waals surface area contributed by atoms with Crippen LogP contribution in [0.15, 0.2) is 114 Å². The van der Waals surface area contributed by atoms with Gasteiger partial charge in [-0.2, -0.15) is 0 Å². The first-order chi connectivity index (χ1) is 16.1. The van der Waals surface area contributed by atoms with Gasteiger partial charge in [-0.05, 0) is 65.3 Å². The minimum atomic E-state index is 0.696. The molecule has 0 saturated heterocycles. The van der Waals surface area contributed by atoms with Gasteiger partial charge in [-0.3, -0.25) is 0 Å². The molecule has 4 aromatic carbocycles. The zero-order chi connectivity index (χ0) is 22.8. The standard InChI is InChI=1S/C31H26N2/c1-21-18-30-27(19-26-16-10-11-17-28(26)30)20-29(21)31(32-22(2)24-12-6-4-7-13-24)33-23(3)25-14-8-5-9-15-25/h4-18,20H,2,19H2,1,3H3.